The summed E-state index contributed by atoms with van der Waals surface area (Å²) in [4.78, 5) is 7.24. The third-order valence-corrected chi connectivity index (χ3v) is 2.70. The molecule has 0 spiro atoms. The Hall–Kier alpha value is -1.05. The molecule has 0 aliphatic heterocycles. The van der Waals surface area contributed by atoms with Gasteiger partial charge < -0.3 is 0 Å². The molecule has 0 N–H and O–H groups in total. The lowest BCUT2D eigenvalue weighted by atomic mass is 10.4. The molecular formula is C8H3BrClN3. The minimum atomic E-state index is 0.394. The van der Waals surface area contributed by atoms with Crippen molar-refractivity contribution in [3.05, 3.63) is 39.6 Å². The third-order valence-electron chi connectivity index (χ3n) is 1.69. The maximum absolute atomic E-state index is 6.90. The lowest BCUT2D eigenvalue weighted by Crippen LogP contribution is -1.85. The molecule has 2 aromatic heterocycles. The van der Waals surface area contributed by atoms with Crippen LogP contribution in [0.3, 0.4) is 0 Å². The van der Waals surface area contributed by atoms with Crippen LogP contribution < -0.4 is 0 Å². The van der Waals surface area contributed by atoms with E-state index in [2.05, 4.69) is 25.8 Å². The Morgan fingerprint density at radius 1 is 1.62 bits per heavy atom. The van der Waals surface area contributed by atoms with Crippen molar-refractivity contribution < 1.29 is 0 Å². The molecule has 2 aromatic rings. The predicted molar refractivity (Wildman–Crippen MR) is 54.2 cm³/mol. The topological polar surface area (TPSA) is 21.7 Å². The van der Waals surface area contributed by atoms with Crippen LogP contribution in [0.1, 0.15) is 0 Å². The van der Waals surface area contributed by atoms with Gasteiger partial charge >= 0.3 is 0 Å². The van der Waals surface area contributed by atoms with Crippen LogP contribution in [-0.4, -0.2) is 9.38 Å². The Kier molecular flexibility index (Phi) is 1.98. The van der Waals surface area contributed by atoms with E-state index in [1.165, 1.54) is 0 Å². The van der Waals surface area contributed by atoms with Gasteiger partial charge in [-0.1, -0.05) is 11.6 Å². The van der Waals surface area contributed by atoms with Gasteiger partial charge in [-0.15, -0.1) is 0 Å². The molecule has 0 radical (unpaired) electrons. The summed E-state index contributed by atoms with van der Waals surface area (Å²) in [5.41, 5.74) is 1.27. The van der Waals surface area contributed by atoms with E-state index >= 15 is 0 Å². The highest BCUT2D eigenvalue weighted by Gasteiger charge is 2.08. The monoisotopic (exact) mass is 255 g/mol. The second-order valence-corrected chi connectivity index (χ2v) is 3.64. The van der Waals surface area contributed by atoms with Crippen LogP contribution in [0.25, 0.3) is 10.4 Å². The van der Waals surface area contributed by atoms with Crippen LogP contribution in [0.4, 0.5) is 5.69 Å². The van der Waals surface area contributed by atoms with Crippen LogP contribution in [0, 0.1) is 6.57 Å². The van der Waals surface area contributed by atoms with E-state index in [0.29, 0.717) is 10.8 Å². The summed E-state index contributed by atoms with van der Waals surface area (Å²) in [7, 11) is 0. The molecule has 0 aliphatic rings. The summed E-state index contributed by atoms with van der Waals surface area (Å²) in [6, 6.07) is 1.69. The SMILES string of the molecule is [C-]#[N+]c1cc(Br)c2cncn2c1Cl. The van der Waals surface area contributed by atoms with Gasteiger partial charge in [-0.2, -0.15) is 0 Å². The zero-order chi connectivity index (χ0) is 9.42. The molecule has 0 aromatic carbocycles. The molecule has 0 atom stereocenters. The van der Waals surface area contributed by atoms with Gasteiger partial charge in [-0.25, -0.2) is 9.83 Å². The summed E-state index contributed by atoms with van der Waals surface area (Å²) in [6.07, 6.45) is 3.26. The number of aromatic nitrogens is 2. The van der Waals surface area contributed by atoms with Crippen molar-refractivity contribution in [2.24, 2.45) is 0 Å². The van der Waals surface area contributed by atoms with E-state index < -0.39 is 0 Å². The fraction of sp³-hybridized carbons (Fsp3) is 0. The molecule has 0 bridgehead atoms. The maximum atomic E-state index is 6.90. The largest absolute Gasteiger partial charge is 0.298 e. The fourth-order valence-corrected chi connectivity index (χ4v) is 1.83. The first-order valence-corrected chi connectivity index (χ1v) is 4.58. The first-order chi connectivity index (χ1) is 6.24. The van der Waals surface area contributed by atoms with Gasteiger partial charge in [0.2, 0.25) is 5.69 Å². The van der Waals surface area contributed by atoms with Crippen LogP contribution in [-0.2, 0) is 0 Å². The Labute approximate surface area is 87.9 Å². The normalized spacial score (nSPS) is 10.2. The summed E-state index contributed by atoms with van der Waals surface area (Å²) in [5.74, 6) is 0. The van der Waals surface area contributed by atoms with Gasteiger partial charge in [0.25, 0.3) is 0 Å². The van der Waals surface area contributed by atoms with Crippen molar-refractivity contribution in [1.82, 2.24) is 9.38 Å². The average Bonchev–Trinajstić information content (AvgIpc) is 2.60. The maximum Gasteiger partial charge on any atom is 0.223 e. The van der Waals surface area contributed by atoms with Gasteiger partial charge in [0.15, 0.2) is 0 Å². The molecule has 0 fully saturated rings. The third kappa shape index (κ3) is 1.21. The number of pyridine rings is 1. The second-order valence-electron chi connectivity index (χ2n) is 2.43. The summed E-state index contributed by atoms with van der Waals surface area (Å²) < 4.78 is 2.49. The van der Waals surface area contributed by atoms with Gasteiger partial charge in [0.05, 0.1) is 24.6 Å². The predicted octanol–water partition coefficient (Wildman–Crippen LogP) is 3.30. The van der Waals surface area contributed by atoms with Crippen molar-refractivity contribution in [2.75, 3.05) is 0 Å². The zero-order valence-electron chi connectivity index (χ0n) is 6.33. The number of rotatable bonds is 0. The number of fused-ring (bicyclic) bond motifs is 1. The number of halogens is 2. The van der Waals surface area contributed by atoms with Gasteiger partial charge in [-0.3, -0.25) is 4.40 Å². The molecule has 0 unspecified atom stereocenters. The zero-order valence-corrected chi connectivity index (χ0v) is 8.67. The first-order valence-electron chi connectivity index (χ1n) is 3.41. The summed E-state index contributed by atoms with van der Waals surface area (Å²) in [5, 5.41) is 0.394. The van der Waals surface area contributed by atoms with Crippen molar-refractivity contribution in [2.45, 2.75) is 0 Å². The minimum absolute atomic E-state index is 0.394. The van der Waals surface area contributed by atoms with Crippen molar-refractivity contribution in [3.8, 4) is 0 Å². The second kappa shape index (κ2) is 3.02. The number of imidazole rings is 1. The van der Waals surface area contributed by atoms with E-state index in [9.17, 15) is 0 Å². The first kappa shape index (κ1) is 8.54. The summed E-state index contributed by atoms with van der Waals surface area (Å²) >= 11 is 9.28. The Morgan fingerprint density at radius 2 is 2.38 bits per heavy atom. The lowest BCUT2D eigenvalue weighted by Gasteiger charge is -2.01. The van der Waals surface area contributed by atoms with E-state index in [1.807, 2.05) is 0 Å². The number of hydrogen-bond acceptors (Lipinski definition) is 1. The highest BCUT2D eigenvalue weighted by Crippen LogP contribution is 2.31. The van der Waals surface area contributed by atoms with Crippen molar-refractivity contribution >= 4 is 38.7 Å². The van der Waals surface area contributed by atoms with E-state index in [1.54, 1.807) is 23.0 Å². The van der Waals surface area contributed by atoms with Crippen LogP contribution in [0.2, 0.25) is 5.15 Å². The molecule has 0 saturated carbocycles. The quantitative estimate of drug-likeness (QED) is 0.523. The van der Waals surface area contributed by atoms with Gasteiger partial charge in [-0.05, 0) is 22.0 Å². The van der Waals surface area contributed by atoms with Gasteiger partial charge in [0, 0.05) is 4.47 Å². The van der Waals surface area contributed by atoms with Crippen molar-refractivity contribution in [3.63, 3.8) is 0 Å². The molecular weight excluding hydrogens is 253 g/mol. The molecule has 0 aliphatic carbocycles. The van der Waals surface area contributed by atoms with E-state index in [-0.39, 0.29) is 0 Å². The van der Waals surface area contributed by atoms with Crippen LogP contribution in [0.15, 0.2) is 23.1 Å². The lowest BCUT2D eigenvalue weighted by molar-refractivity contribution is 1.16. The molecule has 13 heavy (non-hydrogen) atoms. The van der Waals surface area contributed by atoms with Crippen LogP contribution in [0.5, 0.6) is 0 Å². The molecule has 5 heteroatoms. The van der Waals surface area contributed by atoms with Crippen LogP contribution >= 0.6 is 27.5 Å². The standard InChI is InChI=1S/C8H3BrClN3/c1-11-6-2-5(9)7-3-12-4-13(7)8(6)10/h2-4H. The Bertz CT molecular complexity index is 512. The molecule has 0 saturated heterocycles. The summed E-state index contributed by atoms with van der Waals surface area (Å²) in [6.45, 7) is 6.90. The number of nitrogens with zero attached hydrogens (tertiary/aromatic N) is 3. The minimum Gasteiger partial charge on any atom is -0.298 e. The van der Waals surface area contributed by atoms with E-state index in [0.717, 1.165) is 9.99 Å². The Balaban J connectivity index is 2.95. The number of hydrogen-bond donors (Lipinski definition) is 0. The molecule has 0 amide bonds. The molecule has 2 rings (SSSR count). The molecule has 2 heterocycles. The average molecular weight is 256 g/mol. The van der Waals surface area contributed by atoms with E-state index in [4.69, 9.17) is 18.2 Å². The fourth-order valence-electron chi connectivity index (χ4n) is 1.08. The van der Waals surface area contributed by atoms with Gasteiger partial charge in [0.1, 0.15) is 5.15 Å². The van der Waals surface area contributed by atoms with Crippen molar-refractivity contribution in [1.29, 1.82) is 0 Å². The molecule has 3 nitrogen and oxygen atoms in total. The molecule has 64 valence electrons. The highest BCUT2D eigenvalue weighted by molar-refractivity contribution is 9.10. The highest BCUT2D eigenvalue weighted by atomic mass is 79.9. The Morgan fingerprint density at radius 3 is 3.08 bits per heavy atom. The smallest absolute Gasteiger partial charge is 0.223 e.